The molecule has 0 N–H and O–H groups in total. The van der Waals surface area contributed by atoms with E-state index in [0.29, 0.717) is 5.92 Å². The molecule has 0 aliphatic heterocycles. The molecule has 1 nitrogen and oxygen atoms in total. The van der Waals surface area contributed by atoms with E-state index in [4.69, 9.17) is 0 Å². The molecule has 0 amide bonds. The molecule has 32 heavy (non-hydrogen) atoms. The van der Waals surface area contributed by atoms with Crippen LogP contribution in [0, 0.1) is 0 Å². The summed E-state index contributed by atoms with van der Waals surface area (Å²) in [5.74, 6) is 0.548. The zero-order chi connectivity index (χ0) is 21.9. The van der Waals surface area contributed by atoms with E-state index < -0.39 is 0 Å². The molecule has 5 aromatic carbocycles. The van der Waals surface area contributed by atoms with Gasteiger partial charge in [0.1, 0.15) is 0 Å². The Hall–Kier alpha value is -3.84. The fraction of sp³-hybridized carbons (Fsp3) is 0.0968. The van der Waals surface area contributed by atoms with Crippen molar-refractivity contribution >= 4 is 27.8 Å². The SMILES string of the molecule is CC(C)c1ccc(-c2ccc(N(c3ccccc3)c3cccc4ccccc34)cc2)cc1. The van der Waals surface area contributed by atoms with E-state index in [0.717, 1.165) is 11.4 Å². The van der Waals surface area contributed by atoms with Gasteiger partial charge < -0.3 is 4.90 Å². The summed E-state index contributed by atoms with van der Waals surface area (Å²) in [5, 5.41) is 2.49. The highest BCUT2D eigenvalue weighted by Crippen LogP contribution is 2.39. The molecule has 0 aliphatic rings. The van der Waals surface area contributed by atoms with Crippen LogP contribution >= 0.6 is 0 Å². The fourth-order valence-electron chi connectivity index (χ4n) is 4.27. The predicted octanol–water partition coefficient (Wildman–Crippen LogP) is 9.10. The van der Waals surface area contributed by atoms with Crippen LogP contribution in [0.1, 0.15) is 25.3 Å². The van der Waals surface area contributed by atoms with Gasteiger partial charge in [-0.15, -0.1) is 0 Å². The van der Waals surface area contributed by atoms with Gasteiger partial charge in [0.25, 0.3) is 0 Å². The van der Waals surface area contributed by atoms with Gasteiger partial charge in [0, 0.05) is 16.8 Å². The highest BCUT2D eigenvalue weighted by atomic mass is 15.1. The van der Waals surface area contributed by atoms with Gasteiger partial charge in [0.05, 0.1) is 5.69 Å². The molecule has 0 heterocycles. The Morgan fingerprint density at radius 1 is 0.500 bits per heavy atom. The zero-order valence-electron chi connectivity index (χ0n) is 18.6. The Labute approximate surface area is 190 Å². The van der Waals surface area contributed by atoms with Crippen molar-refractivity contribution in [2.75, 3.05) is 4.90 Å². The van der Waals surface area contributed by atoms with E-state index >= 15 is 0 Å². The molecule has 1 heteroatoms. The summed E-state index contributed by atoms with van der Waals surface area (Å²) in [4.78, 5) is 2.34. The Kier molecular flexibility index (Phi) is 5.47. The van der Waals surface area contributed by atoms with E-state index in [-0.39, 0.29) is 0 Å². The first-order valence-electron chi connectivity index (χ1n) is 11.2. The van der Waals surface area contributed by atoms with Crippen LogP contribution in [0.25, 0.3) is 21.9 Å². The topological polar surface area (TPSA) is 3.24 Å². The Bertz CT molecular complexity index is 1310. The molecule has 5 aromatic rings. The van der Waals surface area contributed by atoms with Crippen molar-refractivity contribution in [2.24, 2.45) is 0 Å². The average molecular weight is 414 g/mol. The van der Waals surface area contributed by atoms with Gasteiger partial charge in [-0.2, -0.15) is 0 Å². The zero-order valence-corrected chi connectivity index (χ0v) is 18.6. The first-order valence-corrected chi connectivity index (χ1v) is 11.2. The third kappa shape index (κ3) is 3.90. The summed E-state index contributed by atoms with van der Waals surface area (Å²) < 4.78 is 0. The smallest absolute Gasteiger partial charge is 0.0540 e. The molecule has 0 bridgehead atoms. The lowest BCUT2D eigenvalue weighted by molar-refractivity contribution is 0.867. The molecule has 156 valence electrons. The van der Waals surface area contributed by atoms with Gasteiger partial charge in [0.2, 0.25) is 0 Å². The highest BCUT2D eigenvalue weighted by Gasteiger charge is 2.15. The molecule has 0 atom stereocenters. The Balaban J connectivity index is 1.58. The summed E-state index contributed by atoms with van der Waals surface area (Å²) in [6, 6.07) is 43.5. The Morgan fingerprint density at radius 2 is 1.06 bits per heavy atom. The van der Waals surface area contributed by atoms with Crippen LogP contribution < -0.4 is 4.90 Å². The van der Waals surface area contributed by atoms with Crippen molar-refractivity contribution in [3.63, 3.8) is 0 Å². The number of benzene rings is 5. The van der Waals surface area contributed by atoms with Gasteiger partial charge in [-0.3, -0.25) is 0 Å². The number of nitrogens with zero attached hydrogens (tertiary/aromatic N) is 1. The monoisotopic (exact) mass is 413 g/mol. The first-order chi connectivity index (χ1) is 15.7. The highest BCUT2D eigenvalue weighted by molar-refractivity contribution is 5.98. The number of hydrogen-bond acceptors (Lipinski definition) is 1. The van der Waals surface area contributed by atoms with Crippen LogP contribution in [0.3, 0.4) is 0 Å². The van der Waals surface area contributed by atoms with E-state index in [9.17, 15) is 0 Å². The van der Waals surface area contributed by atoms with Crippen LogP contribution in [-0.2, 0) is 0 Å². The van der Waals surface area contributed by atoms with Crippen molar-refractivity contribution in [3.8, 4) is 11.1 Å². The van der Waals surface area contributed by atoms with Gasteiger partial charge >= 0.3 is 0 Å². The summed E-state index contributed by atoms with van der Waals surface area (Å²) in [6.45, 7) is 4.46. The minimum atomic E-state index is 0.548. The minimum Gasteiger partial charge on any atom is -0.310 e. The van der Waals surface area contributed by atoms with Crippen LogP contribution in [0.4, 0.5) is 17.1 Å². The second-order valence-corrected chi connectivity index (χ2v) is 8.49. The second kappa shape index (κ2) is 8.72. The molecule has 0 saturated heterocycles. The maximum atomic E-state index is 2.34. The number of rotatable bonds is 5. The minimum absolute atomic E-state index is 0.548. The maximum absolute atomic E-state index is 2.34. The third-order valence-corrected chi connectivity index (χ3v) is 6.06. The fourth-order valence-corrected chi connectivity index (χ4v) is 4.27. The van der Waals surface area contributed by atoms with Gasteiger partial charge in [0.15, 0.2) is 0 Å². The summed E-state index contributed by atoms with van der Waals surface area (Å²) in [6.07, 6.45) is 0. The molecular formula is C31H27N. The number of para-hydroxylation sites is 1. The van der Waals surface area contributed by atoms with Crippen LogP contribution in [0.15, 0.2) is 121 Å². The van der Waals surface area contributed by atoms with Crippen molar-refractivity contribution in [3.05, 3.63) is 127 Å². The molecule has 0 spiro atoms. The lowest BCUT2D eigenvalue weighted by atomic mass is 9.98. The summed E-state index contributed by atoms with van der Waals surface area (Å²) in [7, 11) is 0. The predicted molar refractivity (Wildman–Crippen MR) is 138 cm³/mol. The van der Waals surface area contributed by atoms with Crippen molar-refractivity contribution in [2.45, 2.75) is 19.8 Å². The lowest BCUT2D eigenvalue weighted by Crippen LogP contribution is -2.10. The molecule has 0 aromatic heterocycles. The van der Waals surface area contributed by atoms with E-state index in [1.165, 1.54) is 33.2 Å². The van der Waals surface area contributed by atoms with Gasteiger partial charge in [-0.1, -0.05) is 105 Å². The van der Waals surface area contributed by atoms with E-state index in [2.05, 4.69) is 140 Å². The molecule has 5 rings (SSSR count). The molecule has 0 radical (unpaired) electrons. The van der Waals surface area contributed by atoms with Crippen molar-refractivity contribution < 1.29 is 0 Å². The second-order valence-electron chi connectivity index (χ2n) is 8.49. The van der Waals surface area contributed by atoms with E-state index in [1.807, 2.05) is 0 Å². The summed E-state index contributed by atoms with van der Waals surface area (Å²) in [5.41, 5.74) is 7.33. The third-order valence-electron chi connectivity index (χ3n) is 6.06. The van der Waals surface area contributed by atoms with E-state index in [1.54, 1.807) is 0 Å². The molecule has 0 fully saturated rings. The van der Waals surface area contributed by atoms with Crippen molar-refractivity contribution in [1.29, 1.82) is 0 Å². The van der Waals surface area contributed by atoms with Crippen LogP contribution in [0.2, 0.25) is 0 Å². The number of anilines is 3. The van der Waals surface area contributed by atoms with Gasteiger partial charge in [-0.05, 0) is 58.3 Å². The average Bonchev–Trinajstić information content (AvgIpc) is 2.85. The molecule has 0 unspecified atom stereocenters. The number of hydrogen-bond donors (Lipinski definition) is 0. The van der Waals surface area contributed by atoms with Crippen LogP contribution in [-0.4, -0.2) is 0 Å². The van der Waals surface area contributed by atoms with Gasteiger partial charge in [-0.25, -0.2) is 0 Å². The number of fused-ring (bicyclic) bond motifs is 1. The standard InChI is InChI=1S/C31H27N/c1-23(2)24-15-17-25(18-16-24)26-19-21-29(22-20-26)32(28-11-4-3-5-12-28)31-14-8-10-27-9-6-7-13-30(27)31/h3-23H,1-2H3. The molecule has 0 aliphatic carbocycles. The van der Waals surface area contributed by atoms with Crippen LogP contribution in [0.5, 0.6) is 0 Å². The first kappa shape index (κ1) is 20.1. The van der Waals surface area contributed by atoms with Crippen molar-refractivity contribution in [1.82, 2.24) is 0 Å². The largest absolute Gasteiger partial charge is 0.310 e. The Morgan fingerprint density at radius 3 is 1.75 bits per heavy atom. The summed E-state index contributed by atoms with van der Waals surface area (Å²) >= 11 is 0. The maximum Gasteiger partial charge on any atom is 0.0540 e. The molecular weight excluding hydrogens is 386 g/mol. The normalized spacial score (nSPS) is 11.1. The molecule has 0 saturated carbocycles. The lowest BCUT2D eigenvalue weighted by Gasteiger charge is -2.27. The quantitative estimate of drug-likeness (QED) is 0.278.